The molecule has 0 bridgehead atoms. The van der Waals surface area contributed by atoms with Crippen LogP contribution in [0.1, 0.15) is 35.1 Å². The zero-order valence-electron chi connectivity index (χ0n) is 14.1. The molecule has 2 fully saturated rings. The van der Waals surface area contributed by atoms with E-state index in [0.29, 0.717) is 0 Å². The molecule has 0 aromatic carbocycles. The van der Waals surface area contributed by atoms with E-state index in [4.69, 9.17) is 18.6 Å². The van der Waals surface area contributed by atoms with E-state index in [2.05, 4.69) is 39.6 Å². The summed E-state index contributed by atoms with van der Waals surface area (Å²) in [5.74, 6) is 0. The predicted octanol–water partition coefficient (Wildman–Crippen LogP) is 2.43. The van der Waals surface area contributed by atoms with Crippen LogP contribution in [0.2, 0.25) is 13.6 Å². The highest BCUT2D eigenvalue weighted by molar-refractivity contribution is 6.43. The van der Waals surface area contributed by atoms with Crippen LogP contribution in [0.25, 0.3) is 0 Å². The molecule has 0 radical (unpaired) electrons. The van der Waals surface area contributed by atoms with Crippen molar-refractivity contribution >= 4 is 14.2 Å². The van der Waals surface area contributed by atoms with E-state index in [1.807, 2.05) is 13.6 Å². The van der Waals surface area contributed by atoms with Crippen LogP contribution in [0.3, 0.4) is 0 Å². The van der Waals surface area contributed by atoms with Crippen LogP contribution in [-0.4, -0.2) is 63.7 Å². The summed E-state index contributed by atoms with van der Waals surface area (Å²) in [5.41, 5.74) is -0.321. The van der Waals surface area contributed by atoms with Crippen molar-refractivity contribution in [3.8, 4) is 0 Å². The van der Waals surface area contributed by atoms with Gasteiger partial charge < -0.3 is 23.5 Å². The molecule has 124 valence electrons. The fourth-order valence-electron chi connectivity index (χ4n) is 2.05. The Labute approximate surface area is 131 Å². The smallest absolute Gasteiger partial charge is 0.410 e. The lowest BCUT2D eigenvalue weighted by molar-refractivity contribution is 0.00578. The molecule has 0 N–H and O–H groups in total. The van der Waals surface area contributed by atoms with E-state index in [-0.39, 0.29) is 32.9 Å². The fourth-order valence-corrected chi connectivity index (χ4v) is 2.05. The minimum Gasteiger partial charge on any atom is -0.410 e. The lowest BCUT2D eigenvalue weighted by Gasteiger charge is -2.32. The van der Waals surface area contributed by atoms with Crippen LogP contribution in [0.4, 0.5) is 0 Å². The maximum Gasteiger partial charge on any atom is 0.454 e. The van der Waals surface area contributed by atoms with E-state index in [9.17, 15) is 0 Å². The average Bonchev–Trinajstić information content (AvgIpc) is 2.43. The normalized spacial score (nSPS) is 25.3. The predicted molar refractivity (Wildman–Crippen MR) is 89.7 cm³/mol. The van der Waals surface area contributed by atoms with Gasteiger partial charge in [-0.3, -0.25) is 0 Å². The van der Waals surface area contributed by atoms with Gasteiger partial charge in [-0.2, -0.15) is 0 Å². The van der Waals surface area contributed by atoms with Gasteiger partial charge in [0.05, 0.1) is 11.2 Å². The van der Waals surface area contributed by atoms with Crippen molar-refractivity contribution < 1.29 is 18.6 Å². The summed E-state index contributed by atoms with van der Waals surface area (Å²) in [4.78, 5) is 2.20. The minimum atomic E-state index is -0.160. The molecule has 2 aliphatic heterocycles. The number of rotatable bonds is 0. The van der Waals surface area contributed by atoms with Crippen molar-refractivity contribution in [3.63, 3.8) is 0 Å². The monoisotopic (exact) mass is 301 g/mol. The van der Waals surface area contributed by atoms with Crippen LogP contribution in [-0.2, 0) is 18.6 Å². The van der Waals surface area contributed by atoms with E-state index in [1.165, 1.54) is 0 Å². The summed E-state index contributed by atoms with van der Waals surface area (Å²) in [7, 11) is 1.99. The van der Waals surface area contributed by atoms with Gasteiger partial charge in [0.2, 0.25) is 0 Å². The van der Waals surface area contributed by atoms with Gasteiger partial charge in [0, 0.05) is 26.3 Å². The Kier molecular flexibility index (Phi) is 8.50. The molecule has 0 atom stereocenters. The van der Waals surface area contributed by atoms with E-state index < -0.39 is 0 Å². The Morgan fingerprint density at radius 2 is 1.19 bits per heavy atom. The summed E-state index contributed by atoms with van der Waals surface area (Å²) in [6.45, 7) is 15.6. The molecule has 0 aromatic rings. The van der Waals surface area contributed by atoms with Crippen LogP contribution in [0.15, 0.2) is 0 Å². The molecule has 0 saturated carbocycles. The molecular weight excluding hydrogens is 268 g/mol. The van der Waals surface area contributed by atoms with Crippen LogP contribution >= 0.6 is 0 Å². The van der Waals surface area contributed by atoms with Crippen molar-refractivity contribution in [2.24, 2.45) is 0 Å². The third-order valence-corrected chi connectivity index (χ3v) is 4.02. The summed E-state index contributed by atoms with van der Waals surface area (Å²) in [5, 5.41) is 0. The Balaban J connectivity index is 0.000000364. The first-order valence-electron chi connectivity index (χ1n) is 7.41. The van der Waals surface area contributed by atoms with Gasteiger partial charge in [0.25, 0.3) is 0 Å². The molecule has 0 amide bonds. The van der Waals surface area contributed by atoms with Gasteiger partial charge in [0.15, 0.2) is 0 Å². The molecule has 2 saturated heterocycles. The Morgan fingerprint density at radius 3 is 1.48 bits per heavy atom. The molecule has 0 aliphatic carbocycles. The van der Waals surface area contributed by atoms with Crippen molar-refractivity contribution in [2.75, 3.05) is 33.4 Å². The van der Waals surface area contributed by atoms with Gasteiger partial charge in [-0.15, -0.1) is 0 Å². The Hall–Kier alpha value is -0.0701. The first kappa shape index (κ1) is 20.9. The summed E-state index contributed by atoms with van der Waals surface area (Å²) in [6, 6.07) is 0. The van der Waals surface area contributed by atoms with E-state index in [1.54, 1.807) is 0 Å². The molecule has 7 heteroatoms. The lowest BCUT2D eigenvalue weighted by atomic mass is 9.90. The van der Waals surface area contributed by atoms with E-state index in [0.717, 1.165) is 26.3 Å². The molecule has 2 rings (SSSR count). The summed E-state index contributed by atoms with van der Waals surface area (Å²) in [6.07, 6.45) is 0. The third-order valence-electron chi connectivity index (χ3n) is 4.02. The molecule has 2 heterocycles. The van der Waals surface area contributed by atoms with Gasteiger partial charge in [-0.25, -0.2) is 0 Å². The highest BCUT2D eigenvalue weighted by atomic mass is 16.7. The zero-order valence-corrected chi connectivity index (χ0v) is 14.1. The van der Waals surface area contributed by atoms with Gasteiger partial charge >= 0.3 is 14.2 Å². The molecule has 21 heavy (non-hydrogen) atoms. The first-order chi connectivity index (χ1) is 9.14. The Bertz CT molecular complexity index is 267. The second kappa shape index (κ2) is 8.53. The summed E-state index contributed by atoms with van der Waals surface area (Å²) >= 11 is 0. The third kappa shape index (κ3) is 6.70. The summed E-state index contributed by atoms with van der Waals surface area (Å²) < 4.78 is 21.7. The van der Waals surface area contributed by atoms with Crippen LogP contribution in [0.5, 0.6) is 0 Å². The largest absolute Gasteiger partial charge is 0.454 e. The average molecular weight is 301 g/mol. The molecule has 0 unspecified atom stereocenters. The fraction of sp³-hybridized carbons (Fsp3) is 1.00. The second-order valence-electron chi connectivity index (χ2n) is 6.44. The second-order valence-corrected chi connectivity index (χ2v) is 6.44. The number of nitrogens with zero attached hydrogens (tertiary/aromatic N) is 1. The van der Waals surface area contributed by atoms with Gasteiger partial charge in [-0.1, -0.05) is 7.43 Å². The molecule has 2 aliphatic rings. The standard InChI is InChI=1S/C7H15BO2.C6H14BNO2.CH4/c1-6(2)7(3,4)10-8(5)9-6;1-7-9-5-3-8(2)4-6-10-7;/h1-5H3;3-6H2,1-2H3;1H4. The minimum absolute atomic E-state index is 0. The topological polar surface area (TPSA) is 40.2 Å². The molecule has 0 spiro atoms. The lowest BCUT2D eigenvalue weighted by Crippen LogP contribution is -2.41. The highest BCUT2D eigenvalue weighted by Crippen LogP contribution is 2.36. The molecular formula is C14H33B2NO4. The van der Waals surface area contributed by atoms with Crippen LogP contribution in [0, 0.1) is 0 Å². The van der Waals surface area contributed by atoms with Crippen molar-refractivity contribution in [1.29, 1.82) is 0 Å². The van der Waals surface area contributed by atoms with Gasteiger partial charge in [-0.05, 0) is 48.4 Å². The quantitative estimate of drug-likeness (QED) is 0.643. The molecule has 5 nitrogen and oxygen atoms in total. The maximum atomic E-state index is 5.54. The Morgan fingerprint density at radius 1 is 0.810 bits per heavy atom. The SMILES string of the molecule is C.CB1OC(C)(C)C(C)(C)O1.CB1OCCN(C)CCO1. The highest BCUT2D eigenvalue weighted by Gasteiger charge is 2.48. The van der Waals surface area contributed by atoms with Crippen molar-refractivity contribution in [2.45, 2.75) is 60.0 Å². The van der Waals surface area contributed by atoms with Crippen LogP contribution < -0.4 is 0 Å². The van der Waals surface area contributed by atoms with E-state index >= 15 is 0 Å². The number of hydrogen-bond acceptors (Lipinski definition) is 5. The molecule has 0 aromatic heterocycles. The van der Waals surface area contributed by atoms with Crippen molar-refractivity contribution in [3.05, 3.63) is 0 Å². The zero-order chi connectivity index (χ0) is 15.4. The van der Waals surface area contributed by atoms with Crippen molar-refractivity contribution in [1.82, 2.24) is 4.90 Å². The number of likely N-dealkylation sites (N-methyl/N-ethyl adjacent to an activating group) is 1. The van der Waals surface area contributed by atoms with Gasteiger partial charge in [0.1, 0.15) is 0 Å². The first-order valence-corrected chi connectivity index (χ1v) is 7.41. The number of hydrogen-bond donors (Lipinski definition) is 0. The maximum absolute atomic E-state index is 5.54.